The maximum Gasteiger partial charge on any atom is 0.158 e. The summed E-state index contributed by atoms with van der Waals surface area (Å²) in [6, 6.07) is 3.09. The third-order valence-corrected chi connectivity index (χ3v) is 4.47. The van der Waals surface area contributed by atoms with Crippen molar-refractivity contribution < 1.29 is 0 Å². The zero-order valence-corrected chi connectivity index (χ0v) is 13.5. The van der Waals surface area contributed by atoms with E-state index >= 15 is 0 Å². The molecule has 0 radical (unpaired) electrons. The predicted octanol–water partition coefficient (Wildman–Crippen LogP) is 4.25. The average Bonchev–Trinajstić information content (AvgIpc) is 2.80. The first-order valence-corrected chi connectivity index (χ1v) is 8.12. The summed E-state index contributed by atoms with van der Waals surface area (Å²) in [5.74, 6) is 1.62. The lowest BCUT2D eigenvalue weighted by molar-refractivity contribution is 0.281. The number of hydrogen-bond acceptors (Lipinski definition) is 3. The molecule has 3 rings (SSSR count). The van der Waals surface area contributed by atoms with Gasteiger partial charge in [0, 0.05) is 17.5 Å². The van der Waals surface area contributed by atoms with E-state index in [1.165, 1.54) is 19.3 Å². The molecule has 2 atom stereocenters. The van der Waals surface area contributed by atoms with Crippen molar-refractivity contribution in [1.82, 2.24) is 14.8 Å². The Bertz CT molecular complexity index is 606. The van der Waals surface area contributed by atoms with Crippen molar-refractivity contribution in [2.75, 3.05) is 5.32 Å². The maximum absolute atomic E-state index is 4.60. The molecule has 4 nitrogen and oxygen atoms in total. The van der Waals surface area contributed by atoms with Crippen LogP contribution in [-0.4, -0.2) is 20.8 Å². The molecule has 1 saturated carbocycles. The standard InChI is InChI=1S/C17H26N4/c1-11(2)21-17-14(9-19-21)8-16(10-18-17)20-15-6-12(3)5-13(4)7-15/h8-13,15,20H,5-7H2,1-4H3. The van der Waals surface area contributed by atoms with Crippen molar-refractivity contribution >= 4 is 16.7 Å². The number of anilines is 1. The summed E-state index contributed by atoms with van der Waals surface area (Å²) >= 11 is 0. The number of nitrogens with one attached hydrogen (secondary N) is 1. The van der Waals surface area contributed by atoms with Crippen LogP contribution in [0.4, 0.5) is 5.69 Å². The minimum Gasteiger partial charge on any atom is -0.381 e. The van der Waals surface area contributed by atoms with Gasteiger partial charge in [0.25, 0.3) is 0 Å². The Balaban J connectivity index is 1.78. The van der Waals surface area contributed by atoms with Gasteiger partial charge in [-0.3, -0.25) is 0 Å². The molecule has 114 valence electrons. The number of hydrogen-bond donors (Lipinski definition) is 1. The van der Waals surface area contributed by atoms with Crippen LogP contribution in [0.3, 0.4) is 0 Å². The summed E-state index contributed by atoms with van der Waals surface area (Å²) in [6.07, 6.45) is 7.74. The van der Waals surface area contributed by atoms with Gasteiger partial charge in [-0.15, -0.1) is 0 Å². The van der Waals surface area contributed by atoms with Crippen LogP contribution < -0.4 is 5.32 Å². The Morgan fingerprint density at radius 2 is 1.86 bits per heavy atom. The van der Waals surface area contributed by atoms with Crippen LogP contribution in [0, 0.1) is 11.8 Å². The fraction of sp³-hybridized carbons (Fsp3) is 0.647. The van der Waals surface area contributed by atoms with E-state index < -0.39 is 0 Å². The van der Waals surface area contributed by atoms with E-state index in [1.807, 2.05) is 17.1 Å². The van der Waals surface area contributed by atoms with E-state index in [9.17, 15) is 0 Å². The molecule has 1 N–H and O–H groups in total. The van der Waals surface area contributed by atoms with E-state index in [0.29, 0.717) is 12.1 Å². The van der Waals surface area contributed by atoms with Gasteiger partial charge in [-0.2, -0.15) is 5.10 Å². The summed E-state index contributed by atoms with van der Waals surface area (Å²) in [5.41, 5.74) is 2.10. The smallest absolute Gasteiger partial charge is 0.158 e. The third kappa shape index (κ3) is 3.04. The van der Waals surface area contributed by atoms with Crippen LogP contribution in [0.2, 0.25) is 0 Å². The first-order valence-electron chi connectivity index (χ1n) is 8.12. The molecule has 0 aromatic carbocycles. The predicted molar refractivity (Wildman–Crippen MR) is 87.5 cm³/mol. The Morgan fingerprint density at radius 1 is 1.14 bits per heavy atom. The molecular formula is C17H26N4. The van der Waals surface area contributed by atoms with Gasteiger partial charge in [-0.05, 0) is 51.0 Å². The maximum atomic E-state index is 4.60. The van der Waals surface area contributed by atoms with Gasteiger partial charge in [0.2, 0.25) is 0 Å². The van der Waals surface area contributed by atoms with Crippen molar-refractivity contribution in [2.24, 2.45) is 11.8 Å². The van der Waals surface area contributed by atoms with E-state index in [1.54, 1.807) is 0 Å². The van der Waals surface area contributed by atoms with Gasteiger partial charge in [-0.25, -0.2) is 9.67 Å². The van der Waals surface area contributed by atoms with Gasteiger partial charge in [0.05, 0.1) is 18.1 Å². The topological polar surface area (TPSA) is 42.7 Å². The minimum atomic E-state index is 0.342. The molecule has 21 heavy (non-hydrogen) atoms. The second-order valence-corrected chi connectivity index (χ2v) is 7.08. The monoisotopic (exact) mass is 286 g/mol. The zero-order valence-electron chi connectivity index (χ0n) is 13.5. The van der Waals surface area contributed by atoms with Gasteiger partial charge >= 0.3 is 0 Å². The molecule has 0 spiro atoms. The second kappa shape index (κ2) is 5.66. The molecule has 1 fully saturated rings. The Morgan fingerprint density at radius 3 is 2.52 bits per heavy atom. The average molecular weight is 286 g/mol. The summed E-state index contributed by atoms with van der Waals surface area (Å²) in [7, 11) is 0. The Kier molecular flexibility index (Phi) is 3.87. The summed E-state index contributed by atoms with van der Waals surface area (Å²) in [4.78, 5) is 4.60. The molecule has 0 aliphatic heterocycles. The molecule has 2 unspecified atom stereocenters. The van der Waals surface area contributed by atoms with Gasteiger partial charge in [0.15, 0.2) is 5.65 Å². The number of rotatable bonds is 3. The van der Waals surface area contributed by atoms with Crippen LogP contribution in [-0.2, 0) is 0 Å². The minimum absolute atomic E-state index is 0.342. The number of nitrogens with zero attached hydrogens (tertiary/aromatic N) is 3. The van der Waals surface area contributed by atoms with Crippen molar-refractivity contribution in [1.29, 1.82) is 0 Å². The molecule has 4 heteroatoms. The SMILES string of the molecule is CC1CC(C)CC(Nc2cnc3c(cnn3C(C)C)c2)C1. The Labute approximate surface area is 126 Å². The normalized spacial score (nSPS) is 26.4. The lowest BCUT2D eigenvalue weighted by atomic mass is 9.80. The highest BCUT2D eigenvalue weighted by molar-refractivity contribution is 5.78. The van der Waals surface area contributed by atoms with Gasteiger partial charge in [0.1, 0.15) is 0 Å². The first-order chi connectivity index (χ1) is 10.0. The molecule has 2 aromatic heterocycles. The van der Waals surface area contributed by atoms with Gasteiger partial charge in [-0.1, -0.05) is 13.8 Å². The van der Waals surface area contributed by atoms with Crippen LogP contribution in [0.5, 0.6) is 0 Å². The molecule has 2 heterocycles. The van der Waals surface area contributed by atoms with Crippen molar-refractivity contribution in [3.05, 3.63) is 18.5 Å². The van der Waals surface area contributed by atoms with E-state index in [4.69, 9.17) is 0 Å². The molecule has 1 aliphatic carbocycles. The van der Waals surface area contributed by atoms with Crippen molar-refractivity contribution in [3.8, 4) is 0 Å². The highest BCUT2D eigenvalue weighted by atomic mass is 15.3. The van der Waals surface area contributed by atoms with Gasteiger partial charge < -0.3 is 5.32 Å². The highest BCUT2D eigenvalue weighted by Crippen LogP contribution is 2.30. The molecule has 0 bridgehead atoms. The fourth-order valence-electron chi connectivity index (χ4n) is 3.70. The summed E-state index contributed by atoms with van der Waals surface area (Å²) in [6.45, 7) is 8.98. The quantitative estimate of drug-likeness (QED) is 0.917. The molecule has 1 aliphatic rings. The van der Waals surface area contributed by atoms with E-state index in [-0.39, 0.29) is 0 Å². The molecule has 0 saturated heterocycles. The van der Waals surface area contributed by atoms with Crippen molar-refractivity contribution in [2.45, 2.75) is 59.0 Å². The summed E-state index contributed by atoms with van der Waals surface area (Å²) in [5, 5.41) is 9.22. The molecular weight excluding hydrogens is 260 g/mol. The second-order valence-electron chi connectivity index (χ2n) is 7.08. The Hall–Kier alpha value is -1.58. The number of aromatic nitrogens is 3. The fourth-order valence-corrected chi connectivity index (χ4v) is 3.70. The van der Waals surface area contributed by atoms with Crippen LogP contribution in [0.1, 0.15) is 53.0 Å². The highest BCUT2D eigenvalue weighted by Gasteiger charge is 2.23. The number of pyridine rings is 1. The van der Waals surface area contributed by atoms with Crippen LogP contribution >= 0.6 is 0 Å². The van der Waals surface area contributed by atoms with Crippen molar-refractivity contribution in [3.63, 3.8) is 0 Å². The van der Waals surface area contributed by atoms with E-state index in [0.717, 1.165) is 28.6 Å². The largest absolute Gasteiger partial charge is 0.381 e. The van der Waals surface area contributed by atoms with Crippen LogP contribution in [0.25, 0.3) is 11.0 Å². The third-order valence-electron chi connectivity index (χ3n) is 4.47. The number of fused-ring (bicyclic) bond motifs is 1. The first kappa shape index (κ1) is 14.4. The summed E-state index contributed by atoms with van der Waals surface area (Å²) < 4.78 is 1.98. The lowest BCUT2D eigenvalue weighted by Crippen LogP contribution is -2.30. The zero-order chi connectivity index (χ0) is 15.0. The molecule has 0 amide bonds. The molecule has 2 aromatic rings. The van der Waals surface area contributed by atoms with E-state index in [2.05, 4.69) is 49.2 Å². The van der Waals surface area contributed by atoms with Crippen LogP contribution in [0.15, 0.2) is 18.5 Å². The lowest BCUT2D eigenvalue weighted by Gasteiger charge is -2.32.